The van der Waals surface area contributed by atoms with Crippen molar-refractivity contribution in [3.8, 4) is 11.5 Å². The van der Waals surface area contributed by atoms with Crippen molar-refractivity contribution in [2.24, 2.45) is 0 Å². The molecular weight excluding hydrogens is 282 g/mol. The van der Waals surface area contributed by atoms with Crippen molar-refractivity contribution < 1.29 is 19.3 Å². The van der Waals surface area contributed by atoms with Crippen LogP contribution in [-0.4, -0.2) is 42.3 Å². The van der Waals surface area contributed by atoms with Gasteiger partial charge in [0.15, 0.2) is 17.2 Å². The molecule has 0 radical (unpaired) electrons. The van der Waals surface area contributed by atoms with Gasteiger partial charge >= 0.3 is 0 Å². The van der Waals surface area contributed by atoms with E-state index < -0.39 is 6.10 Å². The summed E-state index contributed by atoms with van der Waals surface area (Å²) in [5.41, 5.74) is 3.33. The smallest absolute Gasteiger partial charge is 0.231 e. The third kappa shape index (κ3) is 1.44. The second-order valence-corrected chi connectivity index (χ2v) is 6.52. The molecule has 0 spiro atoms. The van der Waals surface area contributed by atoms with Gasteiger partial charge in [-0.05, 0) is 41.7 Å². The molecule has 1 fully saturated rings. The van der Waals surface area contributed by atoms with Gasteiger partial charge in [0.25, 0.3) is 0 Å². The third-order valence-corrected chi connectivity index (χ3v) is 5.61. The summed E-state index contributed by atoms with van der Waals surface area (Å²) in [6, 6.07) is 4.19. The maximum Gasteiger partial charge on any atom is 0.231 e. The Morgan fingerprint density at radius 1 is 1.32 bits per heavy atom. The van der Waals surface area contributed by atoms with E-state index in [2.05, 4.69) is 17.0 Å². The standard InChI is InChI=1S/C17H19NO4/c1-20-17-11-2-3-18(17)8-10-4-15-16(22-9-21-15)7-13(10)14(17)6-12(19)5-11/h4-5,7,12,14,19H,2-3,6,8-9H2,1H3/t12-,14-,17+/m0/s1. The summed E-state index contributed by atoms with van der Waals surface area (Å²) in [4.78, 5) is 2.40. The van der Waals surface area contributed by atoms with Gasteiger partial charge in [-0.15, -0.1) is 0 Å². The number of aliphatic hydroxyl groups excluding tert-OH is 1. The van der Waals surface area contributed by atoms with Crippen LogP contribution in [0.5, 0.6) is 11.5 Å². The second-order valence-electron chi connectivity index (χ2n) is 6.52. The van der Waals surface area contributed by atoms with E-state index in [4.69, 9.17) is 14.2 Å². The third-order valence-electron chi connectivity index (χ3n) is 5.61. The van der Waals surface area contributed by atoms with Crippen LogP contribution in [-0.2, 0) is 11.3 Å². The maximum absolute atomic E-state index is 10.3. The normalized spacial score (nSPS) is 35.1. The topological polar surface area (TPSA) is 51.2 Å². The van der Waals surface area contributed by atoms with Crippen LogP contribution in [0.1, 0.15) is 29.9 Å². The Labute approximate surface area is 129 Å². The number of rotatable bonds is 1. The Kier molecular flexibility index (Phi) is 2.50. The fraction of sp³-hybridized carbons (Fsp3) is 0.529. The average Bonchev–Trinajstić information content (AvgIpc) is 3.10. The number of hydrogen-bond acceptors (Lipinski definition) is 5. The first-order valence-corrected chi connectivity index (χ1v) is 7.84. The Morgan fingerprint density at radius 2 is 2.14 bits per heavy atom. The molecule has 5 nitrogen and oxygen atoms in total. The van der Waals surface area contributed by atoms with Crippen LogP contribution >= 0.6 is 0 Å². The molecule has 116 valence electrons. The number of methoxy groups -OCH3 is 1. The van der Waals surface area contributed by atoms with Crippen LogP contribution < -0.4 is 9.47 Å². The van der Waals surface area contributed by atoms with E-state index >= 15 is 0 Å². The average molecular weight is 301 g/mol. The molecule has 0 saturated carbocycles. The molecule has 1 aliphatic carbocycles. The lowest BCUT2D eigenvalue weighted by molar-refractivity contribution is -0.128. The van der Waals surface area contributed by atoms with Gasteiger partial charge in [-0.2, -0.15) is 0 Å². The first kappa shape index (κ1) is 12.9. The first-order valence-electron chi connectivity index (χ1n) is 7.84. The summed E-state index contributed by atoms with van der Waals surface area (Å²) in [5.74, 6) is 1.77. The van der Waals surface area contributed by atoms with E-state index in [1.807, 2.05) is 6.08 Å². The van der Waals surface area contributed by atoms with E-state index in [1.165, 1.54) is 16.7 Å². The van der Waals surface area contributed by atoms with Crippen molar-refractivity contribution >= 4 is 0 Å². The van der Waals surface area contributed by atoms with Crippen molar-refractivity contribution in [1.29, 1.82) is 0 Å². The molecule has 0 amide bonds. The summed E-state index contributed by atoms with van der Waals surface area (Å²) in [5, 5.41) is 10.3. The van der Waals surface area contributed by atoms with Crippen LogP contribution in [0.15, 0.2) is 23.8 Å². The number of nitrogens with zero attached hydrogens (tertiary/aromatic N) is 1. The number of benzene rings is 1. The molecule has 0 bridgehead atoms. The van der Waals surface area contributed by atoms with Crippen molar-refractivity contribution in [3.05, 3.63) is 34.9 Å². The van der Waals surface area contributed by atoms with E-state index in [0.29, 0.717) is 6.42 Å². The zero-order valence-corrected chi connectivity index (χ0v) is 12.5. The van der Waals surface area contributed by atoms with Crippen molar-refractivity contribution in [2.75, 3.05) is 20.4 Å². The monoisotopic (exact) mass is 301 g/mol. The van der Waals surface area contributed by atoms with Gasteiger partial charge in [0.2, 0.25) is 6.79 Å². The highest BCUT2D eigenvalue weighted by molar-refractivity contribution is 5.53. The van der Waals surface area contributed by atoms with Crippen LogP contribution in [0, 0.1) is 0 Å². The van der Waals surface area contributed by atoms with E-state index in [-0.39, 0.29) is 18.4 Å². The van der Waals surface area contributed by atoms with E-state index in [1.54, 1.807) is 7.11 Å². The van der Waals surface area contributed by atoms with Gasteiger partial charge in [0.1, 0.15) is 0 Å². The predicted octanol–water partition coefficient (Wildman–Crippen LogP) is 1.75. The van der Waals surface area contributed by atoms with Crippen LogP contribution in [0.3, 0.4) is 0 Å². The minimum Gasteiger partial charge on any atom is -0.454 e. The lowest BCUT2D eigenvalue weighted by atomic mass is 9.72. The Bertz CT molecular complexity index is 685. The van der Waals surface area contributed by atoms with E-state index in [9.17, 15) is 5.11 Å². The van der Waals surface area contributed by atoms with Crippen molar-refractivity contribution in [3.63, 3.8) is 0 Å². The second kappa shape index (κ2) is 4.25. The van der Waals surface area contributed by atoms with Gasteiger partial charge < -0.3 is 19.3 Å². The summed E-state index contributed by atoms with van der Waals surface area (Å²) in [6.45, 7) is 2.11. The fourth-order valence-corrected chi connectivity index (χ4v) is 4.76. The van der Waals surface area contributed by atoms with Gasteiger partial charge in [-0.25, -0.2) is 0 Å². The quantitative estimate of drug-likeness (QED) is 0.801. The minimum atomic E-state index is -0.403. The van der Waals surface area contributed by atoms with Crippen molar-refractivity contribution in [2.45, 2.75) is 37.1 Å². The molecule has 0 unspecified atom stereocenters. The molecule has 4 aliphatic rings. The number of fused-ring (bicyclic) bond motifs is 3. The molecule has 3 aliphatic heterocycles. The van der Waals surface area contributed by atoms with Gasteiger partial charge in [0, 0.05) is 26.1 Å². The highest BCUT2D eigenvalue weighted by atomic mass is 16.7. The number of ether oxygens (including phenoxy) is 3. The number of hydrogen-bond donors (Lipinski definition) is 1. The SMILES string of the molecule is CO[C@]12C3=C[C@H](O)C[C@H]1c1cc4c(cc1CN2CC3)OCO4. The van der Waals surface area contributed by atoms with Crippen LogP contribution in [0.4, 0.5) is 0 Å². The largest absolute Gasteiger partial charge is 0.454 e. The van der Waals surface area contributed by atoms with Crippen LogP contribution in [0.2, 0.25) is 0 Å². The predicted molar refractivity (Wildman–Crippen MR) is 78.8 cm³/mol. The molecular formula is C17H19NO4. The molecule has 22 heavy (non-hydrogen) atoms. The molecule has 5 heteroatoms. The Balaban J connectivity index is 1.72. The summed E-state index contributed by atoms with van der Waals surface area (Å²) >= 11 is 0. The van der Waals surface area contributed by atoms with Gasteiger partial charge in [-0.3, -0.25) is 4.90 Å². The molecule has 1 saturated heterocycles. The lowest BCUT2D eigenvalue weighted by Crippen LogP contribution is -2.56. The zero-order chi connectivity index (χ0) is 14.9. The van der Waals surface area contributed by atoms with Crippen molar-refractivity contribution in [1.82, 2.24) is 4.90 Å². The fourth-order valence-electron chi connectivity index (χ4n) is 4.76. The Morgan fingerprint density at radius 3 is 2.95 bits per heavy atom. The summed E-state index contributed by atoms with van der Waals surface area (Å²) in [7, 11) is 1.79. The molecule has 0 aromatic heterocycles. The minimum absolute atomic E-state index is 0.133. The van der Waals surface area contributed by atoms with Gasteiger partial charge in [-0.1, -0.05) is 6.08 Å². The Hall–Kier alpha value is -1.56. The highest BCUT2D eigenvalue weighted by Crippen LogP contribution is 2.56. The molecule has 1 aromatic carbocycles. The zero-order valence-electron chi connectivity index (χ0n) is 12.5. The molecule has 1 N–H and O–H groups in total. The highest BCUT2D eigenvalue weighted by Gasteiger charge is 2.56. The van der Waals surface area contributed by atoms with Gasteiger partial charge in [0.05, 0.1) is 6.10 Å². The summed E-state index contributed by atoms with van der Waals surface area (Å²) < 4.78 is 17.1. The summed E-state index contributed by atoms with van der Waals surface area (Å²) in [6.07, 6.45) is 3.24. The van der Waals surface area contributed by atoms with Crippen LogP contribution in [0.25, 0.3) is 0 Å². The lowest BCUT2D eigenvalue weighted by Gasteiger charge is -2.50. The van der Waals surface area contributed by atoms with E-state index in [0.717, 1.165) is 31.0 Å². The molecule has 3 heterocycles. The molecule has 3 atom stereocenters. The molecule has 5 rings (SSSR count). The molecule has 1 aromatic rings. The maximum atomic E-state index is 10.3. The number of aliphatic hydroxyl groups is 1. The first-order chi connectivity index (χ1) is 10.7.